The van der Waals surface area contributed by atoms with Gasteiger partial charge in [0.05, 0.1) is 13.2 Å². The van der Waals surface area contributed by atoms with Gasteiger partial charge in [-0.05, 0) is 12.5 Å². The molecule has 6 heteroatoms. The Kier molecular flexibility index (Phi) is 11.4. The highest BCUT2D eigenvalue weighted by Crippen LogP contribution is 1.99. The summed E-state index contributed by atoms with van der Waals surface area (Å²) < 4.78 is 20.8. The molecule has 0 saturated heterocycles. The lowest BCUT2D eigenvalue weighted by atomic mass is 10.2. The number of carbonyl (C=O) groups is 1. The summed E-state index contributed by atoms with van der Waals surface area (Å²) in [6, 6.07) is 0.959. The van der Waals surface area contributed by atoms with Crippen molar-refractivity contribution in [1.29, 1.82) is 0 Å². The highest BCUT2D eigenvalue weighted by atomic mass is 28.2. The number of carbonyl (C=O) groups excluding carboxylic acids is 1. The van der Waals surface area contributed by atoms with Gasteiger partial charge in [-0.15, -0.1) is 0 Å². The molecule has 0 heterocycles. The highest BCUT2D eigenvalue weighted by Gasteiger charge is 2.08. The van der Waals surface area contributed by atoms with Gasteiger partial charge in [0.15, 0.2) is 0 Å². The minimum Gasteiger partial charge on any atom is -0.525 e. The maximum atomic E-state index is 11.2. The topological polar surface area (TPSA) is 54.0 Å². The van der Waals surface area contributed by atoms with Gasteiger partial charge in [0.25, 0.3) is 5.97 Å². The van der Waals surface area contributed by atoms with Crippen molar-refractivity contribution in [2.24, 2.45) is 5.92 Å². The van der Waals surface area contributed by atoms with E-state index in [0.29, 0.717) is 19.8 Å². The highest BCUT2D eigenvalue weighted by molar-refractivity contribution is 6.30. The monoisotopic (exact) mass is 278 g/mol. The van der Waals surface area contributed by atoms with E-state index < -0.39 is 9.76 Å². The first-order valence-electron chi connectivity index (χ1n) is 6.38. The van der Waals surface area contributed by atoms with E-state index in [2.05, 4.69) is 0 Å². The van der Waals surface area contributed by atoms with E-state index in [9.17, 15) is 4.79 Å². The van der Waals surface area contributed by atoms with Crippen LogP contribution in [-0.2, 0) is 23.4 Å². The maximum absolute atomic E-state index is 11.2. The largest absolute Gasteiger partial charge is 0.525 e. The average molecular weight is 278 g/mol. The molecule has 0 aromatic carbocycles. The van der Waals surface area contributed by atoms with E-state index in [1.165, 1.54) is 0 Å². The van der Waals surface area contributed by atoms with Gasteiger partial charge in [-0.3, -0.25) is 4.79 Å². The summed E-state index contributed by atoms with van der Waals surface area (Å²) in [4.78, 5) is 11.2. The molecule has 0 aromatic heterocycles. The molecule has 0 fully saturated rings. The molecule has 0 aliphatic carbocycles. The lowest BCUT2D eigenvalue weighted by Gasteiger charge is -2.14. The fourth-order valence-electron chi connectivity index (χ4n) is 1.23. The molecule has 0 aliphatic rings. The summed E-state index contributed by atoms with van der Waals surface area (Å²) in [7, 11) is 2.56. The van der Waals surface area contributed by atoms with Gasteiger partial charge in [-0.1, -0.05) is 13.8 Å². The molecule has 0 spiro atoms. The molecule has 0 N–H and O–H groups in total. The number of hydrogen-bond donors (Lipinski definition) is 0. The van der Waals surface area contributed by atoms with Crippen molar-refractivity contribution in [1.82, 2.24) is 0 Å². The van der Waals surface area contributed by atoms with Crippen LogP contribution in [0.4, 0.5) is 0 Å². The Morgan fingerprint density at radius 2 is 1.94 bits per heavy atom. The van der Waals surface area contributed by atoms with Gasteiger partial charge in [0, 0.05) is 26.7 Å². The van der Waals surface area contributed by atoms with Gasteiger partial charge in [-0.2, -0.15) is 0 Å². The zero-order valence-electron chi connectivity index (χ0n) is 11.9. The van der Waals surface area contributed by atoms with Gasteiger partial charge < -0.3 is 18.6 Å². The molecule has 0 aromatic rings. The van der Waals surface area contributed by atoms with Crippen LogP contribution < -0.4 is 0 Å². The first kappa shape index (κ1) is 17.6. The van der Waals surface area contributed by atoms with Crippen molar-refractivity contribution in [2.45, 2.75) is 32.4 Å². The Labute approximate surface area is 112 Å². The summed E-state index contributed by atoms with van der Waals surface area (Å²) in [5, 5.41) is 0. The van der Waals surface area contributed by atoms with Crippen LogP contribution in [0.1, 0.15) is 20.3 Å². The Morgan fingerprint density at radius 1 is 1.22 bits per heavy atom. The van der Waals surface area contributed by atoms with Gasteiger partial charge in [0.2, 0.25) is 9.76 Å². The van der Waals surface area contributed by atoms with Crippen LogP contribution in [0.2, 0.25) is 6.04 Å². The second-order valence-electron chi connectivity index (χ2n) is 4.42. The smallest absolute Gasteiger partial charge is 0.294 e. The van der Waals surface area contributed by atoms with E-state index in [4.69, 9.17) is 18.6 Å². The minimum atomic E-state index is -0.727. The standard InChI is InChI=1S/C12H26O5Si/c1-10(2)12(13)17-18-7-5-6-16-9-11(15-4)8-14-3/h10-11H,5-9,18H2,1-4H3. The van der Waals surface area contributed by atoms with Crippen molar-refractivity contribution in [2.75, 3.05) is 34.0 Å². The molecule has 0 saturated carbocycles. The van der Waals surface area contributed by atoms with Crippen molar-refractivity contribution in [3.8, 4) is 0 Å². The molecule has 0 rings (SSSR count). The molecule has 0 amide bonds. The molecule has 108 valence electrons. The third-order valence-electron chi connectivity index (χ3n) is 2.39. The fraction of sp³-hybridized carbons (Fsp3) is 0.917. The second-order valence-corrected chi connectivity index (χ2v) is 5.82. The van der Waals surface area contributed by atoms with Crippen LogP contribution in [-0.4, -0.2) is 55.9 Å². The molecule has 18 heavy (non-hydrogen) atoms. The predicted molar refractivity (Wildman–Crippen MR) is 72.4 cm³/mol. The number of rotatable bonds is 11. The van der Waals surface area contributed by atoms with Crippen LogP contribution in [0, 0.1) is 5.92 Å². The van der Waals surface area contributed by atoms with Crippen molar-refractivity contribution in [3.63, 3.8) is 0 Å². The number of methoxy groups -OCH3 is 2. The average Bonchev–Trinajstić information content (AvgIpc) is 2.35. The van der Waals surface area contributed by atoms with Gasteiger partial charge in [0.1, 0.15) is 6.10 Å². The number of ether oxygens (including phenoxy) is 3. The Bertz CT molecular complexity index is 211. The van der Waals surface area contributed by atoms with Crippen LogP contribution in [0.25, 0.3) is 0 Å². The molecule has 5 nitrogen and oxygen atoms in total. The first-order valence-corrected chi connectivity index (χ1v) is 7.95. The van der Waals surface area contributed by atoms with E-state index in [1.54, 1.807) is 14.2 Å². The third kappa shape index (κ3) is 9.58. The van der Waals surface area contributed by atoms with E-state index in [-0.39, 0.29) is 18.0 Å². The van der Waals surface area contributed by atoms with Crippen LogP contribution in [0.3, 0.4) is 0 Å². The zero-order valence-corrected chi connectivity index (χ0v) is 13.4. The molecular weight excluding hydrogens is 252 g/mol. The molecule has 1 atom stereocenters. The Hall–Kier alpha value is -0.433. The van der Waals surface area contributed by atoms with Gasteiger partial charge in [-0.25, -0.2) is 0 Å². The lowest BCUT2D eigenvalue weighted by molar-refractivity contribution is -0.137. The molecule has 0 bridgehead atoms. The number of hydrogen-bond acceptors (Lipinski definition) is 5. The van der Waals surface area contributed by atoms with Crippen LogP contribution >= 0.6 is 0 Å². The SMILES string of the molecule is COCC(COCCC[SiH2]OC(=O)C(C)C)OC. The molecule has 0 radical (unpaired) electrons. The van der Waals surface area contributed by atoms with Gasteiger partial charge >= 0.3 is 0 Å². The predicted octanol–water partition coefficient (Wildman–Crippen LogP) is 0.756. The summed E-state index contributed by atoms with van der Waals surface area (Å²) in [5.74, 6) is -0.104. The van der Waals surface area contributed by atoms with E-state index in [1.807, 2.05) is 13.8 Å². The molecular formula is C12H26O5Si. The fourth-order valence-corrected chi connectivity index (χ4v) is 2.32. The first-order chi connectivity index (χ1) is 8.61. The zero-order chi connectivity index (χ0) is 13.8. The second kappa shape index (κ2) is 11.6. The van der Waals surface area contributed by atoms with Crippen molar-refractivity contribution in [3.05, 3.63) is 0 Å². The molecule has 0 aliphatic heterocycles. The molecule has 1 unspecified atom stereocenters. The summed E-state index contributed by atoms with van der Waals surface area (Å²) in [6.45, 7) is 5.45. The van der Waals surface area contributed by atoms with Crippen molar-refractivity contribution >= 4 is 15.7 Å². The lowest BCUT2D eigenvalue weighted by Crippen LogP contribution is -2.24. The maximum Gasteiger partial charge on any atom is 0.294 e. The Balaban J connectivity index is 3.32. The van der Waals surface area contributed by atoms with Crippen LogP contribution in [0.15, 0.2) is 0 Å². The summed E-state index contributed by atoms with van der Waals surface area (Å²) >= 11 is 0. The third-order valence-corrected chi connectivity index (χ3v) is 3.67. The normalized spacial score (nSPS) is 13.4. The quantitative estimate of drug-likeness (QED) is 0.412. The Morgan fingerprint density at radius 3 is 2.50 bits per heavy atom. The summed E-state index contributed by atoms with van der Waals surface area (Å²) in [5.41, 5.74) is 0. The summed E-state index contributed by atoms with van der Waals surface area (Å²) in [6.07, 6.45) is 0.923. The van der Waals surface area contributed by atoms with Crippen LogP contribution in [0.5, 0.6) is 0 Å². The minimum absolute atomic E-state index is 0.00832. The van der Waals surface area contributed by atoms with Crippen molar-refractivity contribution < 1.29 is 23.4 Å². The van der Waals surface area contributed by atoms with E-state index >= 15 is 0 Å². The van der Waals surface area contributed by atoms with E-state index in [0.717, 1.165) is 12.5 Å².